The van der Waals surface area contributed by atoms with Gasteiger partial charge in [-0.1, -0.05) is 13.3 Å². The summed E-state index contributed by atoms with van der Waals surface area (Å²) in [4.78, 5) is 0. The maximum absolute atomic E-state index is 5.47. The van der Waals surface area contributed by atoms with Gasteiger partial charge in [0.1, 0.15) is 0 Å². The van der Waals surface area contributed by atoms with Crippen molar-refractivity contribution >= 4 is 0 Å². The minimum absolute atomic E-state index is 0.441. The molecule has 0 aromatic carbocycles. The van der Waals surface area contributed by atoms with Gasteiger partial charge in [0.15, 0.2) is 0 Å². The van der Waals surface area contributed by atoms with Gasteiger partial charge in [-0.25, -0.2) is 0 Å². The van der Waals surface area contributed by atoms with E-state index in [1.807, 2.05) is 0 Å². The summed E-state index contributed by atoms with van der Waals surface area (Å²) in [5.74, 6) is 0.701. The normalized spacial score (nSPS) is 43.2. The molecule has 0 unspecified atom stereocenters. The van der Waals surface area contributed by atoms with Gasteiger partial charge in [-0.05, 0) is 31.7 Å². The molecule has 0 aromatic heterocycles. The summed E-state index contributed by atoms with van der Waals surface area (Å²) in [6.45, 7) is 5.44. The average Bonchev–Trinajstić information content (AvgIpc) is 2.12. The van der Waals surface area contributed by atoms with E-state index in [-0.39, 0.29) is 0 Å². The Hall–Kier alpha value is -0.0800. The van der Waals surface area contributed by atoms with Crippen LogP contribution in [0.1, 0.15) is 32.6 Å². The van der Waals surface area contributed by atoms with E-state index in [9.17, 15) is 0 Å². The predicted octanol–water partition coefficient (Wildman–Crippen LogP) is 1.56. The Labute approximate surface area is 74.7 Å². The number of piperidine rings is 1. The van der Waals surface area contributed by atoms with Crippen LogP contribution < -0.4 is 5.32 Å². The lowest BCUT2D eigenvalue weighted by Crippen LogP contribution is -2.57. The molecule has 0 aromatic rings. The molecule has 0 bridgehead atoms. The van der Waals surface area contributed by atoms with E-state index in [0.717, 1.165) is 13.2 Å². The molecular formula is C10H19NO. The van der Waals surface area contributed by atoms with Crippen molar-refractivity contribution in [2.24, 2.45) is 5.92 Å². The summed E-state index contributed by atoms with van der Waals surface area (Å²) >= 11 is 0. The van der Waals surface area contributed by atoms with Crippen LogP contribution in [0.5, 0.6) is 0 Å². The zero-order chi connectivity index (χ0) is 8.44. The molecule has 2 atom stereocenters. The summed E-state index contributed by atoms with van der Waals surface area (Å²) in [5.41, 5.74) is 0.441. The average molecular weight is 169 g/mol. The SMILES string of the molecule is C[C@H]1COCC[C@]12CCCCN2. The zero-order valence-electron chi connectivity index (χ0n) is 7.94. The van der Waals surface area contributed by atoms with E-state index >= 15 is 0 Å². The third kappa shape index (κ3) is 1.38. The minimum atomic E-state index is 0.441. The third-order valence-corrected chi connectivity index (χ3v) is 3.53. The highest BCUT2D eigenvalue weighted by atomic mass is 16.5. The van der Waals surface area contributed by atoms with Crippen LogP contribution in [0.2, 0.25) is 0 Å². The van der Waals surface area contributed by atoms with Crippen LogP contribution in [-0.2, 0) is 4.74 Å². The fraction of sp³-hybridized carbons (Fsp3) is 1.00. The molecule has 0 radical (unpaired) electrons. The second-order valence-corrected chi connectivity index (χ2v) is 4.27. The molecule has 0 amide bonds. The number of rotatable bonds is 0. The number of nitrogens with one attached hydrogen (secondary N) is 1. The molecule has 0 aliphatic carbocycles. The van der Waals surface area contributed by atoms with Crippen LogP contribution in [0.25, 0.3) is 0 Å². The van der Waals surface area contributed by atoms with E-state index in [4.69, 9.17) is 4.74 Å². The van der Waals surface area contributed by atoms with Gasteiger partial charge >= 0.3 is 0 Å². The molecule has 2 fully saturated rings. The highest BCUT2D eigenvalue weighted by Gasteiger charge is 2.39. The van der Waals surface area contributed by atoms with Gasteiger partial charge < -0.3 is 10.1 Å². The van der Waals surface area contributed by atoms with E-state index in [2.05, 4.69) is 12.2 Å². The van der Waals surface area contributed by atoms with E-state index < -0.39 is 0 Å². The van der Waals surface area contributed by atoms with Crippen LogP contribution in [0, 0.1) is 5.92 Å². The Morgan fingerprint density at radius 2 is 2.25 bits per heavy atom. The smallest absolute Gasteiger partial charge is 0.0509 e. The number of hydrogen-bond donors (Lipinski definition) is 1. The summed E-state index contributed by atoms with van der Waals surface area (Å²) in [7, 11) is 0. The minimum Gasteiger partial charge on any atom is -0.381 e. The first-order valence-corrected chi connectivity index (χ1v) is 5.16. The van der Waals surface area contributed by atoms with Gasteiger partial charge in [0.05, 0.1) is 6.61 Å². The number of ether oxygens (including phenoxy) is 1. The molecule has 2 nitrogen and oxygen atoms in total. The van der Waals surface area contributed by atoms with Crippen LogP contribution >= 0.6 is 0 Å². The highest BCUT2D eigenvalue weighted by molar-refractivity contribution is 4.96. The molecule has 0 saturated carbocycles. The topological polar surface area (TPSA) is 21.3 Å². The zero-order valence-corrected chi connectivity index (χ0v) is 7.94. The van der Waals surface area contributed by atoms with Crippen molar-refractivity contribution in [3.63, 3.8) is 0 Å². The van der Waals surface area contributed by atoms with Crippen molar-refractivity contribution in [1.82, 2.24) is 5.32 Å². The molecule has 2 rings (SSSR count). The van der Waals surface area contributed by atoms with Crippen LogP contribution in [0.4, 0.5) is 0 Å². The lowest BCUT2D eigenvalue weighted by molar-refractivity contribution is -0.0175. The first kappa shape index (κ1) is 8.52. The standard InChI is InChI=1S/C10H19NO/c1-9-8-12-7-5-10(9)4-2-3-6-11-10/h9,11H,2-8H2,1H3/t9-,10+/m0/s1. The third-order valence-electron chi connectivity index (χ3n) is 3.53. The molecule has 1 spiro atoms. The van der Waals surface area contributed by atoms with Crippen molar-refractivity contribution in [1.29, 1.82) is 0 Å². The van der Waals surface area contributed by atoms with E-state index in [1.54, 1.807) is 0 Å². The van der Waals surface area contributed by atoms with Gasteiger partial charge in [0, 0.05) is 12.1 Å². The van der Waals surface area contributed by atoms with E-state index in [1.165, 1.54) is 32.2 Å². The monoisotopic (exact) mass is 169 g/mol. The van der Waals surface area contributed by atoms with Gasteiger partial charge in [-0.15, -0.1) is 0 Å². The Balaban J connectivity index is 2.04. The highest BCUT2D eigenvalue weighted by Crippen LogP contribution is 2.33. The van der Waals surface area contributed by atoms with Crippen molar-refractivity contribution in [3.05, 3.63) is 0 Å². The Bertz CT molecular complexity index is 144. The van der Waals surface area contributed by atoms with Crippen molar-refractivity contribution in [2.75, 3.05) is 19.8 Å². The molecule has 2 aliphatic heterocycles. The lowest BCUT2D eigenvalue weighted by atomic mass is 9.75. The molecule has 2 heteroatoms. The quantitative estimate of drug-likeness (QED) is 0.594. The summed E-state index contributed by atoms with van der Waals surface area (Å²) in [5, 5.41) is 3.70. The van der Waals surface area contributed by atoms with E-state index in [0.29, 0.717) is 11.5 Å². The van der Waals surface area contributed by atoms with Crippen LogP contribution in [-0.4, -0.2) is 25.3 Å². The van der Waals surface area contributed by atoms with Gasteiger partial charge in [-0.2, -0.15) is 0 Å². The molecule has 2 heterocycles. The van der Waals surface area contributed by atoms with Crippen molar-refractivity contribution < 1.29 is 4.74 Å². The molecule has 70 valence electrons. The Morgan fingerprint density at radius 3 is 2.92 bits per heavy atom. The van der Waals surface area contributed by atoms with Crippen LogP contribution in [0.15, 0.2) is 0 Å². The first-order valence-electron chi connectivity index (χ1n) is 5.16. The summed E-state index contributed by atoms with van der Waals surface area (Å²) in [6.07, 6.45) is 5.33. The second-order valence-electron chi connectivity index (χ2n) is 4.27. The fourth-order valence-corrected chi connectivity index (χ4v) is 2.55. The molecule has 2 saturated heterocycles. The van der Waals surface area contributed by atoms with Gasteiger partial charge in [0.25, 0.3) is 0 Å². The van der Waals surface area contributed by atoms with Crippen molar-refractivity contribution in [2.45, 2.75) is 38.1 Å². The maximum Gasteiger partial charge on any atom is 0.0509 e. The Morgan fingerprint density at radius 1 is 1.33 bits per heavy atom. The maximum atomic E-state index is 5.47. The Kier molecular flexibility index (Phi) is 2.37. The largest absolute Gasteiger partial charge is 0.381 e. The lowest BCUT2D eigenvalue weighted by Gasteiger charge is -2.46. The van der Waals surface area contributed by atoms with Gasteiger partial charge in [-0.3, -0.25) is 0 Å². The summed E-state index contributed by atoms with van der Waals surface area (Å²) in [6, 6.07) is 0. The first-order chi connectivity index (χ1) is 5.83. The molecule has 2 aliphatic rings. The molecule has 12 heavy (non-hydrogen) atoms. The van der Waals surface area contributed by atoms with Crippen LogP contribution in [0.3, 0.4) is 0 Å². The van der Waals surface area contributed by atoms with Crippen molar-refractivity contribution in [3.8, 4) is 0 Å². The number of hydrogen-bond acceptors (Lipinski definition) is 2. The molecule has 1 N–H and O–H groups in total. The second kappa shape index (κ2) is 3.35. The predicted molar refractivity (Wildman–Crippen MR) is 49.2 cm³/mol. The fourth-order valence-electron chi connectivity index (χ4n) is 2.55. The summed E-state index contributed by atoms with van der Waals surface area (Å²) < 4.78 is 5.47. The van der Waals surface area contributed by atoms with Gasteiger partial charge in [0.2, 0.25) is 0 Å². The molecular weight excluding hydrogens is 150 g/mol.